The topological polar surface area (TPSA) is 67.5 Å². The SMILES string of the molecule is Cc1ccc(C)c(OC[C@H](O)Cn2c(CO)nc3ccccc32)c1C. The maximum atomic E-state index is 10.5. The maximum Gasteiger partial charge on any atom is 0.135 e. The molecule has 3 rings (SSSR count). The molecule has 1 heterocycles. The van der Waals surface area contributed by atoms with E-state index in [9.17, 15) is 10.2 Å². The minimum atomic E-state index is -0.706. The Morgan fingerprint density at radius 1 is 1.08 bits per heavy atom. The molecule has 0 aliphatic rings. The molecular weight excluding hydrogens is 316 g/mol. The van der Waals surface area contributed by atoms with Gasteiger partial charge in [0.1, 0.15) is 30.9 Å². The van der Waals surface area contributed by atoms with E-state index in [1.807, 2.05) is 55.7 Å². The zero-order valence-corrected chi connectivity index (χ0v) is 14.9. The molecule has 0 amide bonds. The standard InChI is InChI=1S/C20H24N2O3/c1-13-8-9-14(2)20(15(13)3)25-12-16(24)10-22-18-7-5-4-6-17(18)21-19(22)11-23/h4-9,16,23-24H,10-12H2,1-3H3/t16-/m1/s1. The predicted molar refractivity (Wildman–Crippen MR) is 97.8 cm³/mol. The molecule has 0 aliphatic carbocycles. The summed E-state index contributed by atoms with van der Waals surface area (Å²) in [7, 11) is 0. The zero-order valence-electron chi connectivity index (χ0n) is 14.9. The number of nitrogens with zero attached hydrogens (tertiary/aromatic N) is 2. The molecule has 0 saturated carbocycles. The van der Waals surface area contributed by atoms with Crippen molar-refractivity contribution in [2.45, 2.75) is 40.0 Å². The lowest BCUT2D eigenvalue weighted by molar-refractivity contribution is 0.0908. The van der Waals surface area contributed by atoms with Gasteiger partial charge in [0, 0.05) is 0 Å². The van der Waals surface area contributed by atoms with Crippen LogP contribution in [0.4, 0.5) is 0 Å². The van der Waals surface area contributed by atoms with E-state index in [-0.39, 0.29) is 13.2 Å². The molecule has 2 aromatic carbocycles. The van der Waals surface area contributed by atoms with E-state index in [0.717, 1.165) is 27.9 Å². The monoisotopic (exact) mass is 340 g/mol. The second-order valence-electron chi connectivity index (χ2n) is 6.40. The summed E-state index contributed by atoms with van der Waals surface area (Å²) in [6.45, 7) is 6.41. The quantitative estimate of drug-likeness (QED) is 0.724. The summed E-state index contributed by atoms with van der Waals surface area (Å²) in [5.41, 5.74) is 5.02. The number of ether oxygens (including phenoxy) is 1. The summed E-state index contributed by atoms with van der Waals surface area (Å²) in [6.07, 6.45) is -0.706. The van der Waals surface area contributed by atoms with E-state index in [2.05, 4.69) is 11.1 Å². The molecule has 1 atom stereocenters. The third kappa shape index (κ3) is 3.52. The average molecular weight is 340 g/mol. The number of aliphatic hydroxyl groups excluding tert-OH is 2. The molecule has 0 bridgehead atoms. The highest BCUT2D eigenvalue weighted by molar-refractivity contribution is 5.75. The molecule has 0 unspecified atom stereocenters. The van der Waals surface area contributed by atoms with Crippen LogP contribution in [-0.4, -0.2) is 32.5 Å². The number of aliphatic hydroxyl groups is 2. The Labute approximate surface area is 147 Å². The molecule has 1 aromatic heterocycles. The van der Waals surface area contributed by atoms with Gasteiger partial charge >= 0.3 is 0 Å². The summed E-state index contributed by atoms with van der Waals surface area (Å²) in [5.74, 6) is 1.38. The van der Waals surface area contributed by atoms with E-state index in [0.29, 0.717) is 12.4 Å². The third-order valence-electron chi connectivity index (χ3n) is 4.56. The molecule has 3 aromatic rings. The molecule has 132 valence electrons. The van der Waals surface area contributed by atoms with Crippen LogP contribution in [0.1, 0.15) is 22.5 Å². The molecule has 0 aliphatic heterocycles. The van der Waals surface area contributed by atoms with E-state index < -0.39 is 6.10 Å². The molecule has 25 heavy (non-hydrogen) atoms. The number of aromatic nitrogens is 2. The van der Waals surface area contributed by atoms with Gasteiger partial charge < -0.3 is 19.5 Å². The van der Waals surface area contributed by atoms with Crippen molar-refractivity contribution in [1.82, 2.24) is 9.55 Å². The smallest absolute Gasteiger partial charge is 0.135 e. The van der Waals surface area contributed by atoms with Crippen LogP contribution in [0.3, 0.4) is 0 Å². The normalized spacial score (nSPS) is 12.5. The molecule has 2 N–H and O–H groups in total. The Kier molecular flexibility index (Phi) is 5.06. The first kappa shape index (κ1) is 17.5. The van der Waals surface area contributed by atoms with Crippen molar-refractivity contribution >= 4 is 11.0 Å². The van der Waals surface area contributed by atoms with E-state index >= 15 is 0 Å². The Morgan fingerprint density at radius 3 is 2.56 bits per heavy atom. The van der Waals surface area contributed by atoms with Crippen LogP contribution in [0.2, 0.25) is 0 Å². The van der Waals surface area contributed by atoms with Crippen molar-refractivity contribution in [3.05, 3.63) is 58.9 Å². The van der Waals surface area contributed by atoms with Crippen LogP contribution in [-0.2, 0) is 13.2 Å². The van der Waals surface area contributed by atoms with Crippen molar-refractivity contribution < 1.29 is 14.9 Å². The van der Waals surface area contributed by atoms with Gasteiger partial charge in [-0.05, 0) is 49.6 Å². The fourth-order valence-corrected chi connectivity index (χ4v) is 3.04. The minimum absolute atomic E-state index is 0.168. The summed E-state index contributed by atoms with van der Waals surface area (Å²) >= 11 is 0. The third-order valence-corrected chi connectivity index (χ3v) is 4.56. The van der Waals surface area contributed by atoms with Crippen LogP contribution >= 0.6 is 0 Å². The van der Waals surface area contributed by atoms with Gasteiger partial charge in [-0.15, -0.1) is 0 Å². The Hall–Kier alpha value is -2.37. The van der Waals surface area contributed by atoms with Crippen LogP contribution in [0.15, 0.2) is 36.4 Å². The second kappa shape index (κ2) is 7.25. The molecule has 5 nitrogen and oxygen atoms in total. The highest BCUT2D eigenvalue weighted by atomic mass is 16.5. The molecule has 0 fully saturated rings. The maximum absolute atomic E-state index is 10.5. The Balaban J connectivity index is 1.76. The average Bonchev–Trinajstić information content (AvgIpc) is 2.96. The van der Waals surface area contributed by atoms with E-state index in [4.69, 9.17) is 4.74 Å². The fourth-order valence-electron chi connectivity index (χ4n) is 3.04. The van der Waals surface area contributed by atoms with Crippen LogP contribution in [0.25, 0.3) is 11.0 Å². The van der Waals surface area contributed by atoms with Crippen LogP contribution in [0.5, 0.6) is 5.75 Å². The number of hydrogen-bond donors (Lipinski definition) is 2. The molecular formula is C20H24N2O3. The summed E-state index contributed by atoms with van der Waals surface area (Å²) in [5, 5.41) is 20.0. The second-order valence-corrected chi connectivity index (χ2v) is 6.40. The largest absolute Gasteiger partial charge is 0.490 e. The molecule has 0 saturated heterocycles. The number of aryl methyl sites for hydroxylation is 2. The summed E-state index contributed by atoms with van der Waals surface area (Å²) < 4.78 is 7.74. The first-order valence-electron chi connectivity index (χ1n) is 8.44. The summed E-state index contributed by atoms with van der Waals surface area (Å²) in [4.78, 5) is 4.40. The Bertz CT molecular complexity index is 886. The van der Waals surface area contributed by atoms with Gasteiger partial charge in [-0.25, -0.2) is 4.98 Å². The number of benzene rings is 2. The minimum Gasteiger partial charge on any atom is -0.490 e. The number of rotatable bonds is 6. The fraction of sp³-hybridized carbons (Fsp3) is 0.350. The van der Waals surface area contributed by atoms with Crippen molar-refractivity contribution in [1.29, 1.82) is 0 Å². The number of hydrogen-bond acceptors (Lipinski definition) is 4. The van der Waals surface area contributed by atoms with Gasteiger partial charge in [0.25, 0.3) is 0 Å². The van der Waals surface area contributed by atoms with Crippen LogP contribution < -0.4 is 4.74 Å². The first-order chi connectivity index (χ1) is 12.0. The molecule has 5 heteroatoms. The van der Waals surface area contributed by atoms with Crippen molar-refractivity contribution in [3.8, 4) is 5.75 Å². The highest BCUT2D eigenvalue weighted by Gasteiger charge is 2.15. The van der Waals surface area contributed by atoms with Gasteiger partial charge in [-0.3, -0.25) is 0 Å². The lowest BCUT2D eigenvalue weighted by Gasteiger charge is -2.18. The molecule has 0 radical (unpaired) electrons. The Morgan fingerprint density at radius 2 is 1.80 bits per heavy atom. The number of para-hydroxylation sites is 2. The predicted octanol–water partition coefficient (Wildman–Crippen LogP) is 2.89. The van der Waals surface area contributed by atoms with Crippen molar-refractivity contribution in [2.75, 3.05) is 6.61 Å². The van der Waals surface area contributed by atoms with Crippen molar-refractivity contribution in [2.24, 2.45) is 0 Å². The summed E-state index contributed by atoms with van der Waals surface area (Å²) in [6, 6.07) is 11.8. The van der Waals surface area contributed by atoms with Gasteiger partial charge in [-0.2, -0.15) is 0 Å². The highest BCUT2D eigenvalue weighted by Crippen LogP contribution is 2.26. The van der Waals surface area contributed by atoms with E-state index in [1.54, 1.807) is 0 Å². The lowest BCUT2D eigenvalue weighted by Crippen LogP contribution is -2.25. The van der Waals surface area contributed by atoms with Gasteiger partial charge in [0.2, 0.25) is 0 Å². The first-order valence-corrected chi connectivity index (χ1v) is 8.44. The van der Waals surface area contributed by atoms with Crippen LogP contribution in [0, 0.1) is 20.8 Å². The number of fused-ring (bicyclic) bond motifs is 1. The lowest BCUT2D eigenvalue weighted by atomic mass is 10.1. The van der Waals surface area contributed by atoms with Gasteiger partial charge in [0.05, 0.1) is 17.6 Å². The zero-order chi connectivity index (χ0) is 18.0. The number of imidazole rings is 1. The van der Waals surface area contributed by atoms with Gasteiger partial charge in [-0.1, -0.05) is 24.3 Å². The van der Waals surface area contributed by atoms with Gasteiger partial charge in [0.15, 0.2) is 0 Å². The van der Waals surface area contributed by atoms with E-state index in [1.165, 1.54) is 5.56 Å². The molecule has 0 spiro atoms. The van der Waals surface area contributed by atoms with Crippen molar-refractivity contribution in [3.63, 3.8) is 0 Å².